The SMILES string of the molecule is CN=C(NCCC1=CCCCC1)N1CCN(C(C)C(F)(F)F)CC1.I. The van der Waals surface area contributed by atoms with Crippen LogP contribution in [-0.4, -0.2) is 67.7 Å². The number of allylic oxidation sites excluding steroid dienone is 1. The van der Waals surface area contributed by atoms with Gasteiger partial charge in [-0.2, -0.15) is 13.2 Å². The van der Waals surface area contributed by atoms with E-state index in [2.05, 4.69) is 21.3 Å². The summed E-state index contributed by atoms with van der Waals surface area (Å²) < 4.78 is 38.4. The summed E-state index contributed by atoms with van der Waals surface area (Å²) in [5.41, 5.74) is 1.51. The molecule has 25 heavy (non-hydrogen) atoms. The highest BCUT2D eigenvalue weighted by Gasteiger charge is 2.41. The van der Waals surface area contributed by atoms with Gasteiger partial charge in [0.05, 0.1) is 0 Å². The van der Waals surface area contributed by atoms with Gasteiger partial charge in [0.2, 0.25) is 0 Å². The summed E-state index contributed by atoms with van der Waals surface area (Å²) in [6, 6.07) is -1.38. The number of alkyl halides is 3. The lowest BCUT2D eigenvalue weighted by Crippen LogP contribution is -2.56. The zero-order valence-corrected chi connectivity index (χ0v) is 17.4. The third-order valence-electron chi connectivity index (χ3n) is 4.96. The van der Waals surface area contributed by atoms with Crippen molar-refractivity contribution in [2.45, 2.75) is 51.2 Å². The van der Waals surface area contributed by atoms with Crippen LogP contribution in [0.1, 0.15) is 39.0 Å². The fraction of sp³-hybridized carbons (Fsp3) is 0.824. The largest absolute Gasteiger partial charge is 0.403 e. The average molecular weight is 474 g/mol. The van der Waals surface area contributed by atoms with E-state index in [1.165, 1.54) is 43.1 Å². The van der Waals surface area contributed by atoms with Crippen molar-refractivity contribution in [3.63, 3.8) is 0 Å². The molecule has 8 heteroatoms. The van der Waals surface area contributed by atoms with Crippen LogP contribution in [0.25, 0.3) is 0 Å². The molecule has 0 saturated carbocycles. The van der Waals surface area contributed by atoms with Gasteiger partial charge in [-0.15, -0.1) is 24.0 Å². The first kappa shape index (κ1) is 22.5. The van der Waals surface area contributed by atoms with Crippen LogP contribution in [0.5, 0.6) is 0 Å². The summed E-state index contributed by atoms with van der Waals surface area (Å²) in [5, 5.41) is 3.36. The molecule has 2 aliphatic rings. The molecule has 1 unspecified atom stereocenters. The van der Waals surface area contributed by atoms with Gasteiger partial charge in [-0.3, -0.25) is 9.89 Å². The number of guanidine groups is 1. The molecule has 1 aliphatic carbocycles. The second kappa shape index (κ2) is 10.6. The van der Waals surface area contributed by atoms with E-state index in [0.29, 0.717) is 26.2 Å². The lowest BCUT2D eigenvalue weighted by molar-refractivity contribution is -0.181. The van der Waals surface area contributed by atoms with Gasteiger partial charge in [0.25, 0.3) is 0 Å². The molecular weight excluding hydrogens is 444 g/mol. The van der Waals surface area contributed by atoms with Gasteiger partial charge in [-0.05, 0) is 39.0 Å². The van der Waals surface area contributed by atoms with Gasteiger partial charge >= 0.3 is 6.18 Å². The molecule has 0 amide bonds. The van der Waals surface area contributed by atoms with Crippen molar-refractivity contribution in [3.8, 4) is 0 Å². The summed E-state index contributed by atoms with van der Waals surface area (Å²) >= 11 is 0. The average Bonchev–Trinajstić information content (AvgIpc) is 2.58. The van der Waals surface area contributed by atoms with E-state index in [0.717, 1.165) is 18.9 Å². The number of aliphatic imine (C=N–C) groups is 1. The summed E-state index contributed by atoms with van der Waals surface area (Å²) in [5.74, 6) is 0.797. The normalized spacial score (nSPS) is 21.4. The summed E-state index contributed by atoms with van der Waals surface area (Å²) in [6.45, 7) is 4.03. The second-order valence-electron chi connectivity index (χ2n) is 6.57. The van der Waals surface area contributed by atoms with Gasteiger partial charge in [-0.1, -0.05) is 11.6 Å². The molecule has 0 aromatic rings. The second-order valence-corrected chi connectivity index (χ2v) is 6.57. The lowest BCUT2D eigenvalue weighted by atomic mass is 9.97. The zero-order valence-electron chi connectivity index (χ0n) is 15.1. The Morgan fingerprint density at radius 3 is 2.44 bits per heavy atom. The number of piperazine rings is 1. The molecule has 0 aromatic carbocycles. The molecule has 0 aromatic heterocycles. The Hall–Kier alpha value is -0.510. The maximum atomic E-state index is 12.8. The van der Waals surface area contributed by atoms with E-state index in [1.807, 2.05) is 0 Å². The third kappa shape index (κ3) is 6.96. The van der Waals surface area contributed by atoms with Crippen molar-refractivity contribution in [3.05, 3.63) is 11.6 Å². The first-order valence-electron chi connectivity index (χ1n) is 8.86. The lowest BCUT2D eigenvalue weighted by Gasteiger charge is -2.39. The fourth-order valence-corrected chi connectivity index (χ4v) is 3.33. The predicted molar refractivity (Wildman–Crippen MR) is 107 cm³/mol. The van der Waals surface area contributed by atoms with Crippen LogP contribution in [-0.2, 0) is 0 Å². The molecule has 1 aliphatic heterocycles. The monoisotopic (exact) mass is 474 g/mol. The Morgan fingerprint density at radius 1 is 1.24 bits per heavy atom. The van der Waals surface area contributed by atoms with Crippen molar-refractivity contribution >= 4 is 29.9 Å². The highest BCUT2D eigenvalue weighted by Crippen LogP contribution is 2.25. The molecule has 0 spiro atoms. The van der Waals surface area contributed by atoms with E-state index >= 15 is 0 Å². The number of nitrogens with one attached hydrogen (secondary N) is 1. The first-order chi connectivity index (χ1) is 11.4. The summed E-state index contributed by atoms with van der Waals surface area (Å²) in [4.78, 5) is 7.83. The molecule has 1 heterocycles. The van der Waals surface area contributed by atoms with E-state index in [9.17, 15) is 13.2 Å². The van der Waals surface area contributed by atoms with Crippen LogP contribution in [0.4, 0.5) is 13.2 Å². The van der Waals surface area contributed by atoms with Crippen LogP contribution in [0.15, 0.2) is 16.6 Å². The molecular formula is C17H30F3IN4. The minimum absolute atomic E-state index is 0. The standard InChI is InChI=1S/C17H29F3N4.HI/c1-14(17(18,19)20)23-10-12-24(13-11-23)16(21-2)22-9-8-15-6-4-3-5-7-15;/h6,14H,3-5,7-13H2,1-2H3,(H,21,22);1H. The van der Waals surface area contributed by atoms with Crippen LogP contribution >= 0.6 is 24.0 Å². The Bertz CT molecular complexity index is 457. The zero-order chi connectivity index (χ0) is 17.6. The van der Waals surface area contributed by atoms with Crippen molar-refractivity contribution in [2.24, 2.45) is 4.99 Å². The Kier molecular flexibility index (Phi) is 9.55. The molecule has 2 rings (SSSR count). The smallest absolute Gasteiger partial charge is 0.356 e. The van der Waals surface area contributed by atoms with Crippen molar-refractivity contribution in [1.82, 2.24) is 15.1 Å². The van der Waals surface area contributed by atoms with E-state index in [4.69, 9.17) is 0 Å². The van der Waals surface area contributed by atoms with Crippen LogP contribution < -0.4 is 5.32 Å². The Balaban J connectivity index is 0.00000312. The first-order valence-corrected chi connectivity index (χ1v) is 8.86. The van der Waals surface area contributed by atoms with Crippen LogP contribution in [0.2, 0.25) is 0 Å². The van der Waals surface area contributed by atoms with Gasteiger partial charge in [0.15, 0.2) is 5.96 Å². The maximum absolute atomic E-state index is 12.8. The van der Waals surface area contributed by atoms with Crippen molar-refractivity contribution in [2.75, 3.05) is 39.8 Å². The van der Waals surface area contributed by atoms with Gasteiger partial charge in [0, 0.05) is 39.8 Å². The van der Waals surface area contributed by atoms with Gasteiger partial charge in [0.1, 0.15) is 6.04 Å². The number of hydrogen-bond acceptors (Lipinski definition) is 2. The van der Waals surface area contributed by atoms with Crippen molar-refractivity contribution < 1.29 is 13.2 Å². The maximum Gasteiger partial charge on any atom is 0.403 e. The summed E-state index contributed by atoms with van der Waals surface area (Å²) in [7, 11) is 1.73. The molecule has 0 bridgehead atoms. The van der Waals surface area contributed by atoms with Gasteiger partial charge < -0.3 is 10.2 Å². The van der Waals surface area contributed by atoms with E-state index in [1.54, 1.807) is 7.05 Å². The van der Waals surface area contributed by atoms with Gasteiger partial charge in [-0.25, -0.2) is 0 Å². The topological polar surface area (TPSA) is 30.9 Å². The molecule has 1 fully saturated rings. The summed E-state index contributed by atoms with van der Waals surface area (Å²) in [6.07, 6.45) is 4.14. The molecule has 0 radical (unpaired) electrons. The molecule has 146 valence electrons. The van der Waals surface area contributed by atoms with Crippen LogP contribution in [0, 0.1) is 0 Å². The number of nitrogens with zero attached hydrogens (tertiary/aromatic N) is 3. The minimum Gasteiger partial charge on any atom is -0.356 e. The highest BCUT2D eigenvalue weighted by atomic mass is 127. The van der Waals surface area contributed by atoms with E-state index < -0.39 is 12.2 Å². The van der Waals surface area contributed by atoms with E-state index in [-0.39, 0.29) is 24.0 Å². The fourth-order valence-electron chi connectivity index (χ4n) is 3.33. The minimum atomic E-state index is -4.16. The number of hydrogen-bond donors (Lipinski definition) is 1. The third-order valence-corrected chi connectivity index (χ3v) is 4.96. The Morgan fingerprint density at radius 2 is 1.92 bits per heavy atom. The predicted octanol–water partition coefficient (Wildman–Crippen LogP) is 3.64. The molecule has 4 nitrogen and oxygen atoms in total. The quantitative estimate of drug-likeness (QED) is 0.292. The number of halogens is 4. The molecule has 1 atom stereocenters. The Labute approximate surface area is 165 Å². The number of rotatable bonds is 4. The molecule has 1 saturated heterocycles. The van der Waals surface area contributed by atoms with Crippen molar-refractivity contribution in [1.29, 1.82) is 0 Å². The highest BCUT2D eigenvalue weighted by molar-refractivity contribution is 14.0. The molecule has 1 N–H and O–H groups in total. The van der Waals surface area contributed by atoms with Crippen LogP contribution in [0.3, 0.4) is 0 Å².